The molecule has 0 aromatic heterocycles. The number of aliphatic hydroxyl groups excluding tert-OH is 1. The molecule has 1 saturated heterocycles. The minimum Gasteiger partial charge on any atom is -0.389 e. The molecular formula is C13H18BrNO2. The number of nitrogens with zero attached hydrogens (tertiary/aromatic N) is 1. The lowest BCUT2D eigenvalue weighted by molar-refractivity contribution is 0.0532. The van der Waals surface area contributed by atoms with Crippen LogP contribution < -0.4 is 4.90 Å². The molecule has 0 bridgehead atoms. The Hall–Kier alpha value is -0.580. The molecule has 0 amide bonds. The SMILES string of the molecule is CC1CN(c2ccc(C(C)O)cc2Br)CCO1. The van der Waals surface area contributed by atoms with Crippen LogP contribution in [0.2, 0.25) is 0 Å². The average molecular weight is 300 g/mol. The molecule has 0 radical (unpaired) electrons. The summed E-state index contributed by atoms with van der Waals surface area (Å²) in [6.45, 7) is 6.46. The van der Waals surface area contributed by atoms with Crippen molar-refractivity contribution in [3.8, 4) is 0 Å². The molecule has 1 N–H and O–H groups in total. The highest BCUT2D eigenvalue weighted by molar-refractivity contribution is 9.10. The summed E-state index contributed by atoms with van der Waals surface area (Å²) in [6, 6.07) is 6.02. The van der Waals surface area contributed by atoms with E-state index in [2.05, 4.69) is 33.8 Å². The molecule has 1 fully saturated rings. The Kier molecular flexibility index (Phi) is 4.07. The standard InChI is InChI=1S/C13H18BrNO2/c1-9-8-15(5-6-17-9)13-4-3-11(10(2)16)7-12(13)14/h3-4,7,9-10,16H,5-6,8H2,1-2H3. The van der Waals surface area contributed by atoms with E-state index in [0.29, 0.717) is 0 Å². The number of aliphatic hydroxyl groups is 1. The van der Waals surface area contributed by atoms with Gasteiger partial charge in [-0.3, -0.25) is 0 Å². The minimum atomic E-state index is -0.427. The molecule has 0 spiro atoms. The van der Waals surface area contributed by atoms with E-state index in [9.17, 15) is 5.11 Å². The van der Waals surface area contributed by atoms with E-state index in [4.69, 9.17) is 4.74 Å². The molecule has 1 aromatic rings. The summed E-state index contributed by atoms with van der Waals surface area (Å²) >= 11 is 3.58. The largest absolute Gasteiger partial charge is 0.389 e. The fraction of sp³-hybridized carbons (Fsp3) is 0.538. The molecule has 3 nitrogen and oxygen atoms in total. The van der Waals surface area contributed by atoms with Crippen molar-refractivity contribution >= 4 is 21.6 Å². The number of benzene rings is 1. The third kappa shape index (κ3) is 3.00. The van der Waals surface area contributed by atoms with Crippen molar-refractivity contribution in [2.75, 3.05) is 24.6 Å². The van der Waals surface area contributed by atoms with Crippen LogP contribution in [0, 0.1) is 0 Å². The van der Waals surface area contributed by atoms with Crippen LogP contribution in [0.1, 0.15) is 25.5 Å². The maximum atomic E-state index is 9.54. The van der Waals surface area contributed by atoms with E-state index >= 15 is 0 Å². The molecule has 4 heteroatoms. The molecule has 1 heterocycles. The number of hydrogen-bond donors (Lipinski definition) is 1. The Bertz CT molecular complexity index is 395. The lowest BCUT2D eigenvalue weighted by Gasteiger charge is -2.33. The van der Waals surface area contributed by atoms with Crippen LogP contribution in [0.15, 0.2) is 22.7 Å². The lowest BCUT2D eigenvalue weighted by Crippen LogP contribution is -2.41. The van der Waals surface area contributed by atoms with Gasteiger partial charge in [0.2, 0.25) is 0 Å². The Morgan fingerprint density at radius 1 is 1.53 bits per heavy atom. The number of morpholine rings is 1. The van der Waals surface area contributed by atoms with Gasteiger partial charge in [-0.1, -0.05) is 6.07 Å². The zero-order valence-corrected chi connectivity index (χ0v) is 11.8. The first-order chi connectivity index (χ1) is 8.08. The molecular weight excluding hydrogens is 282 g/mol. The van der Waals surface area contributed by atoms with E-state index in [0.717, 1.165) is 29.7 Å². The smallest absolute Gasteiger partial charge is 0.0762 e. The normalized spacial score (nSPS) is 22.6. The van der Waals surface area contributed by atoms with Crippen molar-refractivity contribution in [2.24, 2.45) is 0 Å². The van der Waals surface area contributed by atoms with Gasteiger partial charge in [-0.05, 0) is 47.5 Å². The summed E-state index contributed by atoms with van der Waals surface area (Å²) in [5.41, 5.74) is 2.10. The number of ether oxygens (including phenoxy) is 1. The topological polar surface area (TPSA) is 32.7 Å². The van der Waals surface area contributed by atoms with Gasteiger partial charge in [0.1, 0.15) is 0 Å². The maximum Gasteiger partial charge on any atom is 0.0762 e. The second kappa shape index (κ2) is 5.38. The monoisotopic (exact) mass is 299 g/mol. The molecule has 2 atom stereocenters. The maximum absolute atomic E-state index is 9.54. The van der Waals surface area contributed by atoms with Gasteiger partial charge in [0.15, 0.2) is 0 Å². The highest BCUT2D eigenvalue weighted by Crippen LogP contribution is 2.30. The van der Waals surface area contributed by atoms with Crippen LogP contribution in [0.4, 0.5) is 5.69 Å². The number of rotatable bonds is 2. The Balaban J connectivity index is 2.21. The third-order valence-electron chi connectivity index (χ3n) is 3.04. The van der Waals surface area contributed by atoms with Crippen LogP contribution in [0.3, 0.4) is 0 Å². The second-order valence-electron chi connectivity index (χ2n) is 4.51. The molecule has 2 unspecified atom stereocenters. The average Bonchev–Trinajstić information content (AvgIpc) is 2.28. The zero-order chi connectivity index (χ0) is 12.4. The van der Waals surface area contributed by atoms with Crippen LogP contribution in [-0.2, 0) is 4.74 Å². The molecule has 1 aromatic carbocycles. The van der Waals surface area contributed by atoms with Crippen molar-refractivity contribution in [1.29, 1.82) is 0 Å². The minimum absolute atomic E-state index is 0.270. The van der Waals surface area contributed by atoms with E-state index in [1.54, 1.807) is 6.92 Å². The number of halogens is 1. The predicted octanol–water partition coefficient (Wildman–Crippen LogP) is 2.73. The van der Waals surface area contributed by atoms with Gasteiger partial charge in [0.25, 0.3) is 0 Å². The summed E-state index contributed by atoms with van der Waals surface area (Å²) in [7, 11) is 0. The summed E-state index contributed by atoms with van der Waals surface area (Å²) in [4.78, 5) is 2.31. The predicted molar refractivity (Wildman–Crippen MR) is 72.4 cm³/mol. The van der Waals surface area contributed by atoms with Crippen molar-refractivity contribution in [1.82, 2.24) is 0 Å². The summed E-state index contributed by atoms with van der Waals surface area (Å²) < 4.78 is 6.57. The highest BCUT2D eigenvalue weighted by Gasteiger charge is 2.19. The van der Waals surface area contributed by atoms with Gasteiger partial charge < -0.3 is 14.7 Å². The van der Waals surface area contributed by atoms with Crippen LogP contribution in [0.5, 0.6) is 0 Å². The summed E-state index contributed by atoms with van der Waals surface area (Å²) in [6.07, 6.45) is -0.156. The summed E-state index contributed by atoms with van der Waals surface area (Å²) in [5, 5.41) is 9.54. The first kappa shape index (κ1) is 12.9. The molecule has 0 aliphatic carbocycles. The van der Waals surface area contributed by atoms with Crippen molar-refractivity contribution in [3.05, 3.63) is 28.2 Å². The molecule has 2 rings (SSSR count). The zero-order valence-electron chi connectivity index (χ0n) is 10.2. The number of hydrogen-bond acceptors (Lipinski definition) is 3. The van der Waals surface area contributed by atoms with Gasteiger partial charge in [0, 0.05) is 17.6 Å². The van der Waals surface area contributed by atoms with E-state index in [-0.39, 0.29) is 6.10 Å². The fourth-order valence-corrected chi connectivity index (χ4v) is 2.72. The molecule has 17 heavy (non-hydrogen) atoms. The van der Waals surface area contributed by atoms with Gasteiger partial charge in [-0.25, -0.2) is 0 Å². The Morgan fingerprint density at radius 3 is 2.88 bits per heavy atom. The van der Waals surface area contributed by atoms with Gasteiger partial charge in [0.05, 0.1) is 24.5 Å². The first-order valence-corrected chi connectivity index (χ1v) is 6.71. The van der Waals surface area contributed by atoms with Gasteiger partial charge in [-0.2, -0.15) is 0 Å². The van der Waals surface area contributed by atoms with Gasteiger partial charge in [-0.15, -0.1) is 0 Å². The Labute approximate surface area is 111 Å². The molecule has 1 aliphatic rings. The number of anilines is 1. The van der Waals surface area contributed by atoms with E-state index in [1.807, 2.05) is 12.1 Å². The van der Waals surface area contributed by atoms with Gasteiger partial charge >= 0.3 is 0 Å². The Morgan fingerprint density at radius 2 is 2.29 bits per heavy atom. The van der Waals surface area contributed by atoms with E-state index in [1.165, 1.54) is 5.69 Å². The van der Waals surface area contributed by atoms with Crippen LogP contribution >= 0.6 is 15.9 Å². The first-order valence-electron chi connectivity index (χ1n) is 5.92. The van der Waals surface area contributed by atoms with Crippen molar-refractivity contribution in [2.45, 2.75) is 26.1 Å². The molecule has 94 valence electrons. The fourth-order valence-electron chi connectivity index (χ4n) is 2.08. The van der Waals surface area contributed by atoms with Crippen molar-refractivity contribution < 1.29 is 9.84 Å². The molecule has 0 saturated carbocycles. The highest BCUT2D eigenvalue weighted by atomic mass is 79.9. The van der Waals surface area contributed by atoms with E-state index < -0.39 is 6.10 Å². The lowest BCUT2D eigenvalue weighted by atomic mass is 10.1. The quantitative estimate of drug-likeness (QED) is 0.911. The van der Waals surface area contributed by atoms with Crippen LogP contribution in [-0.4, -0.2) is 30.9 Å². The van der Waals surface area contributed by atoms with Crippen molar-refractivity contribution in [3.63, 3.8) is 0 Å². The molecule has 1 aliphatic heterocycles. The second-order valence-corrected chi connectivity index (χ2v) is 5.37. The van der Waals surface area contributed by atoms with Crippen LogP contribution in [0.25, 0.3) is 0 Å². The summed E-state index contributed by atoms with van der Waals surface area (Å²) in [5.74, 6) is 0. The third-order valence-corrected chi connectivity index (χ3v) is 3.67.